The Balaban J connectivity index is 1.91. The summed E-state index contributed by atoms with van der Waals surface area (Å²) in [6.07, 6.45) is 0.0161. The minimum atomic E-state index is -0.440. The molecule has 1 saturated heterocycles. The first-order valence-corrected chi connectivity index (χ1v) is 10.9. The van der Waals surface area contributed by atoms with E-state index in [-0.39, 0.29) is 49.5 Å². The van der Waals surface area contributed by atoms with Crippen molar-refractivity contribution >= 4 is 17.8 Å². The van der Waals surface area contributed by atoms with E-state index in [2.05, 4.69) is 0 Å². The number of esters is 1. The van der Waals surface area contributed by atoms with Crippen molar-refractivity contribution in [1.29, 1.82) is 0 Å². The fraction of sp³-hybridized carbons (Fsp3) is 0.542. The smallest absolute Gasteiger partial charge is 0.336 e. The lowest BCUT2D eigenvalue weighted by molar-refractivity contribution is -0.148. The van der Waals surface area contributed by atoms with Gasteiger partial charge in [0, 0.05) is 31.1 Å². The predicted molar refractivity (Wildman–Crippen MR) is 116 cm³/mol. The van der Waals surface area contributed by atoms with E-state index in [0.717, 1.165) is 11.1 Å². The quantitative estimate of drug-likeness (QED) is 0.674. The molecule has 7 nitrogen and oxygen atoms in total. The summed E-state index contributed by atoms with van der Waals surface area (Å²) in [5.41, 5.74) is 2.89. The highest BCUT2D eigenvalue weighted by Gasteiger charge is 2.38. The summed E-state index contributed by atoms with van der Waals surface area (Å²) in [7, 11) is 0. The second-order valence-corrected chi connectivity index (χ2v) is 8.43. The van der Waals surface area contributed by atoms with Crippen LogP contribution in [0.1, 0.15) is 51.2 Å². The molecule has 3 rings (SSSR count). The standard InChI is InChI=1S/C24H32N2O5/c1-6-30-24(29)23-18(5)26(14-22(28)25-12-16(3)31-17(4)13-25)21(27)11-20(23)19-9-7-8-15(2)10-19/h7-10,16-17,20H,6,11-14H2,1-5H3/t16-,17-,20-/m1/s1. The van der Waals surface area contributed by atoms with Crippen LogP contribution in [-0.4, -0.2) is 66.0 Å². The Labute approximate surface area is 184 Å². The van der Waals surface area contributed by atoms with Gasteiger partial charge in [0.05, 0.1) is 24.4 Å². The number of allylic oxidation sites excluding steroid dienone is 1. The van der Waals surface area contributed by atoms with Crippen LogP contribution in [0.3, 0.4) is 0 Å². The lowest BCUT2D eigenvalue weighted by atomic mass is 9.83. The van der Waals surface area contributed by atoms with Crippen LogP contribution in [-0.2, 0) is 23.9 Å². The summed E-state index contributed by atoms with van der Waals surface area (Å²) in [6.45, 7) is 10.5. The second-order valence-electron chi connectivity index (χ2n) is 8.43. The molecule has 3 atom stereocenters. The third kappa shape index (κ3) is 5.15. The van der Waals surface area contributed by atoms with Crippen LogP contribution in [0.25, 0.3) is 0 Å². The van der Waals surface area contributed by atoms with E-state index < -0.39 is 5.97 Å². The van der Waals surface area contributed by atoms with Crippen molar-refractivity contribution in [2.45, 2.75) is 59.2 Å². The van der Waals surface area contributed by atoms with Gasteiger partial charge in [0.1, 0.15) is 6.54 Å². The minimum absolute atomic E-state index is 0.0535. The van der Waals surface area contributed by atoms with Gasteiger partial charge in [-0.05, 0) is 40.2 Å². The number of morpholine rings is 1. The summed E-state index contributed by atoms with van der Waals surface area (Å²) in [4.78, 5) is 42.1. The van der Waals surface area contributed by atoms with Gasteiger partial charge in [-0.25, -0.2) is 4.79 Å². The van der Waals surface area contributed by atoms with Crippen molar-refractivity contribution in [2.24, 2.45) is 0 Å². The summed E-state index contributed by atoms with van der Waals surface area (Å²) in [6, 6.07) is 7.81. The van der Waals surface area contributed by atoms with Crippen molar-refractivity contribution in [1.82, 2.24) is 9.80 Å². The van der Waals surface area contributed by atoms with E-state index in [1.807, 2.05) is 45.0 Å². The summed E-state index contributed by atoms with van der Waals surface area (Å²) < 4.78 is 11.0. The molecule has 1 aromatic rings. The molecule has 0 radical (unpaired) electrons. The zero-order chi connectivity index (χ0) is 22.7. The van der Waals surface area contributed by atoms with Gasteiger partial charge in [-0.15, -0.1) is 0 Å². The molecule has 2 aliphatic rings. The van der Waals surface area contributed by atoms with Crippen molar-refractivity contribution in [3.05, 3.63) is 46.7 Å². The van der Waals surface area contributed by atoms with E-state index in [1.165, 1.54) is 4.90 Å². The van der Waals surface area contributed by atoms with Crippen molar-refractivity contribution in [3.63, 3.8) is 0 Å². The number of rotatable bonds is 5. The lowest BCUT2D eigenvalue weighted by Crippen LogP contribution is -2.52. The van der Waals surface area contributed by atoms with Crippen molar-refractivity contribution < 1.29 is 23.9 Å². The number of nitrogens with zero attached hydrogens (tertiary/aromatic N) is 2. The van der Waals surface area contributed by atoms with Crippen LogP contribution < -0.4 is 0 Å². The van der Waals surface area contributed by atoms with E-state index >= 15 is 0 Å². The number of ether oxygens (including phenoxy) is 2. The van der Waals surface area contributed by atoms with E-state index in [9.17, 15) is 14.4 Å². The van der Waals surface area contributed by atoms with Crippen LogP contribution in [0.2, 0.25) is 0 Å². The molecule has 2 amide bonds. The molecule has 0 aliphatic carbocycles. The Kier molecular flexibility index (Phi) is 7.15. The molecular formula is C24H32N2O5. The Bertz CT molecular complexity index is 884. The van der Waals surface area contributed by atoms with Gasteiger partial charge in [-0.1, -0.05) is 29.8 Å². The van der Waals surface area contributed by atoms with Gasteiger partial charge in [0.25, 0.3) is 0 Å². The highest BCUT2D eigenvalue weighted by Crippen LogP contribution is 2.37. The minimum Gasteiger partial charge on any atom is -0.463 e. The molecule has 168 valence electrons. The lowest BCUT2D eigenvalue weighted by Gasteiger charge is -2.38. The van der Waals surface area contributed by atoms with Crippen LogP contribution in [0, 0.1) is 6.92 Å². The molecule has 1 fully saturated rings. The molecule has 31 heavy (non-hydrogen) atoms. The first-order chi connectivity index (χ1) is 14.7. The van der Waals surface area contributed by atoms with E-state index in [1.54, 1.807) is 18.7 Å². The highest BCUT2D eigenvalue weighted by molar-refractivity contribution is 5.97. The molecule has 0 unspecified atom stereocenters. The van der Waals surface area contributed by atoms with Crippen LogP contribution >= 0.6 is 0 Å². The number of aryl methyl sites for hydroxylation is 1. The third-order valence-electron chi connectivity index (χ3n) is 5.83. The van der Waals surface area contributed by atoms with Crippen LogP contribution in [0.5, 0.6) is 0 Å². The number of carbonyl (C=O) groups is 3. The van der Waals surface area contributed by atoms with Gasteiger partial charge in [-0.3, -0.25) is 9.59 Å². The number of carbonyl (C=O) groups excluding carboxylic acids is 3. The molecular weight excluding hydrogens is 396 g/mol. The average Bonchev–Trinajstić information content (AvgIpc) is 2.69. The van der Waals surface area contributed by atoms with Crippen LogP contribution in [0.4, 0.5) is 0 Å². The molecule has 2 aliphatic heterocycles. The zero-order valence-corrected chi connectivity index (χ0v) is 19.0. The number of hydrogen-bond donors (Lipinski definition) is 0. The molecule has 0 saturated carbocycles. The SMILES string of the molecule is CCOC(=O)C1=C(C)N(CC(=O)N2C[C@@H](C)O[C@H](C)C2)C(=O)C[C@@H]1c1cccc(C)c1. The fourth-order valence-corrected chi connectivity index (χ4v) is 4.47. The molecule has 0 N–H and O–H groups in total. The van der Waals surface area contributed by atoms with E-state index in [0.29, 0.717) is 24.4 Å². The van der Waals surface area contributed by atoms with Crippen molar-refractivity contribution in [3.8, 4) is 0 Å². The number of amides is 2. The highest BCUT2D eigenvalue weighted by atomic mass is 16.5. The monoisotopic (exact) mass is 428 g/mol. The summed E-state index contributed by atoms with van der Waals surface area (Å²) >= 11 is 0. The maximum absolute atomic E-state index is 13.1. The first kappa shape index (κ1) is 23.0. The summed E-state index contributed by atoms with van der Waals surface area (Å²) in [5.74, 6) is -1.14. The van der Waals surface area contributed by atoms with Gasteiger partial charge in [0.2, 0.25) is 11.8 Å². The maximum Gasteiger partial charge on any atom is 0.336 e. The maximum atomic E-state index is 13.1. The van der Waals surface area contributed by atoms with E-state index in [4.69, 9.17) is 9.47 Å². The normalized spacial score (nSPS) is 24.4. The fourth-order valence-electron chi connectivity index (χ4n) is 4.47. The topological polar surface area (TPSA) is 76.2 Å². The van der Waals surface area contributed by atoms with Crippen molar-refractivity contribution in [2.75, 3.05) is 26.2 Å². The van der Waals surface area contributed by atoms with Gasteiger partial charge < -0.3 is 19.3 Å². The predicted octanol–water partition coefficient (Wildman–Crippen LogP) is 2.78. The average molecular weight is 429 g/mol. The van der Waals surface area contributed by atoms with Crippen LogP contribution in [0.15, 0.2) is 35.5 Å². The second kappa shape index (κ2) is 9.64. The molecule has 1 aromatic carbocycles. The molecule has 2 heterocycles. The molecule has 0 spiro atoms. The van der Waals surface area contributed by atoms with Gasteiger partial charge in [-0.2, -0.15) is 0 Å². The van der Waals surface area contributed by atoms with Gasteiger partial charge in [0.15, 0.2) is 0 Å². The number of benzene rings is 1. The van der Waals surface area contributed by atoms with Gasteiger partial charge >= 0.3 is 5.97 Å². The number of hydrogen-bond acceptors (Lipinski definition) is 5. The zero-order valence-electron chi connectivity index (χ0n) is 19.0. The Morgan fingerprint density at radius 2 is 1.84 bits per heavy atom. The summed E-state index contributed by atoms with van der Waals surface area (Å²) in [5, 5.41) is 0. The molecule has 0 aromatic heterocycles. The Morgan fingerprint density at radius 3 is 2.45 bits per heavy atom. The Morgan fingerprint density at radius 1 is 1.16 bits per heavy atom. The molecule has 0 bridgehead atoms. The third-order valence-corrected chi connectivity index (χ3v) is 5.83. The Hall–Kier alpha value is -2.67. The first-order valence-electron chi connectivity index (χ1n) is 10.9. The molecule has 7 heteroatoms. The largest absolute Gasteiger partial charge is 0.463 e.